The lowest BCUT2D eigenvalue weighted by Gasteiger charge is -2.05. The molecule has 1 aromatic heterocycles. The van der Waals surface area contributed by atoms with E-state index >= 15 is 0 Å². The largest absolute Gasteiger partial charge is 0.497 e. The van der Waals surface area contributed by atoms with E-state index in [0.29, 0.717) is 11.4 Å². The lowest BCUT2D eigenvalue weighted by atomic mass is 10.3. The molecule has 6 nitrogen and oxygen atoms in total. The second-order valence-corrected chi connectivity index (χ2v) is 3.36. The van der Waals surface area contributed by atoms with Gasteiger partial charge in [-0.15, -0.1) is 0 Å². The fourth-order valence-electron chi connectivity index (χ4n) is 1.35. The maximum absolute atomic E-state index is 11.7. The third-order valence-corrected chi connectivity index (χ3v) is 2.17. The zero-order chi connectivity index (χ0) is 12.3. The predicted molar refractivity (Wildman–Crippen MR) is 62.4 cm³/mol. The average Bonchev–Trinajstić information content (AvgIpc) is 2.76. The van der Waals surface area contributed by atoms with E-state index in [1.807, 2.05) is 0 Å². The van der Waals surface area contributed by atoms with E-state index in [-0.39, 0.29) is 11.3 Å². The molecule has 3 N–H and O–H groups in total. The maximum Gasteiger partial charge on any atom is 0.273 e. The van der Waals surface area contributed by atoms with E-state index in [4.69, 9.17) is 4.74 Å². The summed E-state index contributed by atoms with van der Waals surface area (Å²) in [6.45, 7) is 0. The Morgan fingerprint density at radius 3 is 2.76 bits per heavy atom. The summed E-state index contributed by atoms with van der Waals surface area (Å²) in [5.74, 6) is 0.252. The summed E-state index contributed by atoms with van der Waals surface area (Å²) >= 11 is 0. The summed E-state index contributed by atoms with van der Waals surface area (Å²) in [6.07, 6.45) is 0. The number of hydrogen-bond acceptors (Lipinski definition) is 3. The van der Waals surface area contributed by atoms with E-state index in [0.717, 1.165) is 0 Å². The molecule has 0 saturated heterocycles. The molecule has 0 aliphatic rings. The van der Waals surface area contributed by atoms with Crippen LogP contribution < -0.4 is 15.6 Å². The molecule has 88 valence electrons. The number of benzene rings is 1. The molecule has 0 atom stereocenters. The highest BCUT2D eigenvalue weighted by atomic mass is 16.5. The summed E-state index contributed by atoms with van der Waals surface area (Å²) in [5, 5.41) is 7.40. The first kappa shape index (κ1) is 11.0. The van der Waals surface area contributed by atoms with Crippen molar-refractivity contribution in [1.82, 2.24) is 10.2 Å². The first-order valence-electron chi connectivity index (χ1n) is 4.92. The number of anilines is 1. The SMILES string of the molecule is COc1cccc(NC(=O)c2cc(=O)[nH][nH]2)c1. The monoisotopic (exact) mass is 233 g/mol. The second-order valence-electron chi connectivity index (χ2n) is 3.36. The van der Waals surface area contributed by atoms with E-state index in [2.05, 4.69) is 15.5 Å². The highest BCUT2D eigenvalue weighted by Crippen LogP contribution is 2.16. The molecule has 0 spiro atoms. The topological polar surface area (TPSA) is 87.0 Å². The Labute approximate surface area is 96.6 Å². The number of hydrogen-bond donors (Lipinski definition) is 3. The van der Waals surface area contributed by atoms with Crippen molar-refractivity contribution in [2.75, 3.05) is 12.4 Å². The normalized spacial score (nSPS) is 9.94. The first-order chi connectivity index (χ1) is 8.19. The van der Waals surface area contributed by atoms with Gasteiger partial charge in [-0.2, -0.15) is 0 Å². The van der Waals surface area contributed by atoms with Crippen LogP contribution in [0.5, 0.6) is 5.75 Å². The average molecular weight is 233 g/mol. The van der Waals surface area contributed by atoms with Gasteiger partial charge < -0.3 is 10.1 Å². The molecular formula is C11H11N3O3. The number of carbonyl (C=O) groups excluding carboxylic acids is 1. The van der Waals surface area contributed by atoms with Crippen LogP contribution in [0.4, 0.5) is 5.69 Å². The molecule has 0 saturated carbocycles. The fourth-order valence-corrected chi connectivity index (χ4v) is 1.35. The van der Waals surface area contributed by atoms with Gasteiger partial charge >= 0.3 is 0 Å². The number of ether oxygens (including phenoxy) is 1. The lowest BCUT2D eigenvalue weighted by molar-refractivity contribution is 0.102. The van der Waals surface area contributed by atoms with Crippen LogP contribution >= 0.6 is 0 Å². The van der Waals surface area contributed by atoms with Gasteiger partial charge in [-0.1, -0.05) is 6.07 Å². The van der Waals surface area contributed by atoms with Crippen LogP contribution in [0.2, 0.25) is 0 Å². The Balaban J connectivity index is 2.15. The molecule has 2 aromatic rings. The summed E-state index contributed by atoms with van der Waals surface area (Å²) in [4.78, 5) is 22.5. The van der Waals surface area contributed by atoms with Crippen LogP contribution in [0.1, 0.15) is 10.5 Å². The molecule has 1 heterocycles. The number of H-pyrrole nitrogens is 2. The van der Waals surface area contributed by atoms with Crippen LogP contribution in [-0.2, 0) is 0 Å². The van der Waals surface area contributed by atoms with Gasteiger partial charge in [-0.3, -0.25) is 19.8 Å². The van der Waals surface area contributed by atoms with Crippen molar-refractivity contribution in [3.8, 4) is 5.75 Å². The summed E-state index contributed by atoms with van der Waals surface area (Å²) < 4.78 is 5.03. The quantitative estimate of drug-likeness (QED) is 0.738. The fraction of sp³-hybridized carbons (Fsp3) is 0.0909. The minimum Gasteiger partial charge on any atom is -0.497 e. The Morgan fingerprint density at radius 2 is 2.12 bits per heavy atom. The van der Waals surface area contributed by atoms with Crippen LogP contribution in [0.3, 0.4) is 0 Å². The predicted octanol–water partition coefficient (Wildman–Crippen LogP) is 0.964. The van der Waals surface area contributed by atoms with Gasteiger partial charge in [0.1, 0.15) is 11.4 Å². The molecule has 0 aliphatic carbocycles. The first-order valence-corrected chi connectivity index (χ1v) is 4.92. The lowest BCUT2D eigenvalue weighted by Crippen LogP contribution is -2.12. The van der Waals surface area contributed by atoms with Crippen molar-refractivity contribution < 1.29 is 9.53 Å². The Hall–Kier alpha value is -2.50. The molecule has 0 fully saturated rings. The van der Waals surface area contributed by atoms with Crippen LogP contribution in [0.15, 0.2) is 35.1 Å². The van der Waals surface area contributed by atoms with Crippen molar-refractivity contribution in [3.63, 3.8) is 0 Å². The van der Waals surface area contributed by atoms with Crippen LogP contribution in [0, 0.1) is 0 Å². The van der Waals surface area contributed by atoms with Crippen molar-refractivity contribution in [2.24, 2.45) is 0 Å². The van der Waals surface area contributed by atoms with Crippen molar-refractivity contribution in [1.29, 1.82) is 0 Å². The minimum atomic E-state index is -0.392. The smallest absolute Gasteiger partial charge is 0.273 e. The Kier molecular flexibility index (Phi) is 2.95. The Morgan fingerprint density at radius 1 is 1.29 bits per heavy atom. The third-order valence-electron chi connectivity index (χ3n) is 2.17. The van der Waals surface area contributed by atoms with Crippen LogP contribution in [-0.4, -0.2) is 23.2 Å². The molecule has 2 rings (SSSR count). The molecule has 17 heavy (non-hydrogen) atoms. The molecule has 0 bridgehead atoms. The molecule has 1 aromatic carbocycles. The molecule has 0 aliphatic heterocycles. The highest BCUT2D eigenvalue weighted by Gasteiger charge is 2.08. The number of aromatic amines is 2. The number of amides is 1. The van der Waals surface area contributed by atoms with E-state index in [1.165, 1.54) is 6.07 Å². The highest BCUT2D eigenvalue weighted by molar-refractivity contribution is 6.02. The number of aromatic nitrogens is 2. The number of nitrogens with one attached hydrogen (secondary N) is 3. The molecule has 6 heteroatoms. The number of methoxy groups -OCH3 is 1. The Bertz CT molecular complexity index is 585. The second kappa shape index (κ2) is 4.56. The standard InChI is InChI=1S/C11H11N3O3/c1-17-8-4-2-3-7(5-8)12-11(16)9-6-10(15)14-13-9/h2-6H,1H3,(H,12,16)(H2,13,14,15). The van der Waals surface area contributed by atoms with Gasteiger partial charge in [0.15, 0.2) is 0 Å². The van der Waals surface area contributed by atoms with Gasteiger partial charge in [-0.05, 0) is 12.1 Å². The summed E-state index contributed by atoms with van der Waals surface area (Å²) in [5.41, 5.74) is 0.426. The van der Waals surface area contributed by atoms with Crippen molar-refractivity contribution in [3.05, 3.63) is 46.4 Å². The molecule has 0 radical (unpaired) electrons. The molecule has 1 amide bonds. The maximum atomic E-state index is 11.7. The van der Waals surface area contributed by atoms with Gasteiger partial charge in [0.2, 0.25) is 0 Å². The zero-order valence-corrected chi connectivity index (χ0v) is 9.11. The van der Waals surface area contributed by atoms with Gasteiger partial charge in [0, 0.05) is 17.8 Å². The zero-order valence-electron chi connectivity index (χ0n) is 9.11. The van der Waals surface area contributed by atoms with Gasteiger partial charge in [-0.25, -0.2) is 0 Å². The summed E-state index contributed by atoms with van der Waals surface area (Å²) in [7, 11) is 1.55. The van der Waals surface area contributed by atoms with E-state index < -0.39 is 5.91 Å². The number of rotatable bonds is 3. The van der Waals surface area contributed by atoms with E-state index in [9.17, 15) is 9.59 Å². The molecular weight excluding hydrogens is 222 g/mol. The minimum absolute atomic E-state index is 0.179. The van der Waals surface area contributed by atoms with Crippen molar-refractivity contribution >= 4 is 11.6 Å². The molecule has 0 unspecified atom stereocenters. The van der Waals surface area contributed by atoms with Gasteiger partial charge in [0.25, 0.3) is 11.5 Å². The van der Waals surface area contributed by atoms with Crippen LogP contribution in [0.25, 0.3) is 0 Å². The van der Waals surface area contributed by atoms with E-state index in [1.54, 1.807) is 31.4 Å². The third kappa shape index (κ3) is 2.54. The summed E-state index contributed by atoms with van der Waals surface area (Å²) in [6, 6.07) is 8.13. The number of carbonyl (C=O) groups is 1. The van der Waals surface area contributed by atoms with Gasteiger partial charge in [0.05, 0.1) is 7.11 Å². The van der Waals surface area contributed by atoms with Crippen molar-refractivity contribution in [2.45, 2.75) is 0 Å².